The third kappa shape index (κ3) is 2.18. The van der Waals surface area contributed by atoms with Crippen LogP contribution in [0, 0.1) is 5.95 Å². The van der Waals surface area contributed by atoms with E-state index in [9.17, 15) is 4.39 Å². The van der Waals surface area contributed by atoms with Gasteiger partial charge in [-0.2, -0.15) is 4.39 Å². The minimum atomic E-state index is -0.656. The van der Waals surface area contributed by atoms with E-state index in [1.807, 2.05) is 6.92 Å². The van der Waals surface area contributed by atoms with E-state index in [2.05, 4.69) is 10.3 Å². The molecule has 4 nitrogen and oxygen atoms in total. The highest BCUT2D eigenvalue weighted by Gasteiger charge is 2.24. The second-order valence-electron chi connectivity index (χ2n) is 3.72. The molecule has 2 atom stereocenters. The standard InChI is InChI=1S/C10H14FN3O/c1-6(9-2-3-13-9)15-7-4-8(12)10(11)14-5-7/h4-6,9,13H,2-3,12H2,1H3/t6?,9-/m0/s1. The fraction of sp³-hybridized carbons (Fsp3) is 0.500. The first-order valence-electron chi connectivity index (χ1n) is 4.98. The monoisotopic (exact) mass is 211 g/mol. The summed E-state index contributed by atoms with van der Waals surface area (Å²) in [6, 6.07) is 1.83. The van der Waals surface area contributed by atoms with Crippen LogP contribution in [0.15, 0.2) is 12.3 Å². The Balaban J connectivity index is 2.00. The summed E-state index contributed by atoms with van der Waals surface area (Å²) in [5.74, 6) is -0.146. The van der Waals surface area contributed by atoms with E-state index in [1.165, 1.54) is 12.3 Å². The molecule has 1 aromatic heterocycles. The van der Waals surface area contributed by atoms with Crippen LogP contribution < -0.4 is 15.8 Å². The minimum Gasteiger partial charge on any atom is -0.487 e. The number of pyridine rings is 1. The van der Waals surface area contributed by atoms with Gasteiger partial charge >= 0.3 is 0 Å². The Morgan fingerprint density at radius 3 is 3.00 bits per heavy atom. The highest BCUT2D eigenvalue weighted by atomic mass is 19.1. The minimum absolute atomic E-state index is 0.0151. The molecule has 0 aliphatic carbocycles. The van der Waals surface area contributed by atoms with Crippen LogP contribution in [0.4, 0.5) is 10.1 Å². The average Bonchev–Trinajstić information content (AvgIpc) is 2.08. The van der Waals surface area contributed by atoms with Crippen molar-refractivity contribution in [2.45, 2.75) is 25.5 Å². The van der Waals surface area contributed by atoms with Crippen LogP contribution in [-0.2, 0) is 0 Å². The maximum Gasteiger partial charge on any atom is 0.236 e. The lowest BCUT2D eigenvalue weighted by Crippen LogP contribution is -2.51. The first kappa shape index (κ1) is 10.2. The number of aromatic nitrogens is 1. The lowest BCUT2D eigenvalue weighted by molar-refractivity contribution is 0.133. The molecule has 1 aliphatic rings. The van der Waals surface area contributed by atoms with Gasteiger partial charge in [0.05, 0.1) is 11.9 Å². The van der Waals surface area contributed by atoms with Gasteiger partial charge in [0.1, 0.15) is 11.9 Å². The molecule has 3 N–H and O–H groups in total. The molecule has 0 spiro atoms. The predicted molar refractivity (Wildman–Crippen MR) is 55.1 cm³/mol. The molecule has 1 aromatic rings. The lowest BCUT2D eigenvalue weighted by atomic mass is 10.0. The van der Waals surface area contributed by atoms with Gasteiger partial charge in [0.25, 0.3) is 0 Å². The van der Waals surface area contributed by atoms with Gasteiger partial charge in [-0.25, -0.2) is 4.98 Å². The molecule has 82 valence electrons. The quantitative estimate of drug-likeness (QED) is 0.730. The number of hydrogen-bond acceptors (Lipinski definition) is 4. The molecular formula is C10H14FN3O. The summed E-state index contributed by atoms with van der Waals surface area (Å²) in [5, 5.41) is 3.24. The van der Waals surface area contributed by atoms with Crippen LogP contribution in [0.3, 0.4) is 0 Å². The van der Waals surface area contributed by atoms with Crippen LogP contribution in [0.5, 0.6) is 5.75 Å². The zero-order chi connectivity index (χ0) is 10.8. The number of anilines is 1. The van der Waals surface area contributed by atoms with Crippen molar-refractivity contribution in [3.05, 3.63) is 18.2 Å². The normalized spacial score (nSPS) is 21.9. The second kappa shape index (κ2) is 4.02. The van der Waals surface area contributed by atoms with Crippen molar-refractivity contribution in [2.75, 3.05) is 12.3 Å². The molecule has 5 heteroatoms. The number of nitrogens with zero attached hydrogens (tertiary/aromatic N) is 1. The van der Waals surface area contributed by atoms with Gasteiger partial charge in [-0.1, -0.05) is 0 Å². The molecule has 0 bridgehead atoms. The Hall–Kier alpha value is -1.36. The van der Waals surface area contributed by atoms with Crippen molar-refractivity contribution in [2.24, 2.45) is 0 Å². The highest BCUT2D eigenvalue weighted by Crippen LogP contribution is 2.19. The maximum atomic E-state index is 12.8. The third-order valence-corrected chi connectivity index (χ3v) is 2.59. The Kier molecular flexibility index (Phi) is 2.73. The number of nitrogens with one attached hydrogen (secondary N) is 1. The van der Waals surface area contributed by atoms with Crippen molar-refractivity contribution in [1.29, 1.82) is 0 Å². The van der Waals surface area contributed by atoms with Gasteiger partial charge in [0, 0.05) is 12.1 Å². The zero-order valence-electron chi connectivity index (χ0n) is 8.53. The van der Waals surface area contributed by atoms with Crippen molar-refractivity contribution in [3.8, 4) is 5.75 Å². The van der Waals surface area contributed by atoms with Crippen molar-refractivity contribution < 1.29 is 9.13 Å². The van der Waals surface area contributed by atoms with Crippen molar-refractivity contribution >= 4 is 5.69 Å². The SMILES string of the molecule is CC(Oc1cnc(F)c(N)c1)[C@@H]1CCN1. The second-order valence-corrected chi connectivity index (χ2v) is 3.72. The van der Waals surface area contributed by atoms with Gasteiger partial charge in [0.2, 0.25) is 5.95 Å². The Morgan fingerprint density at radius 2 is 2.47 bits per heavy atom. The van der Waals surface area contributed by atoms with E-state index in [0.717, 1.165) is 13.0 Å². The van der Waals surface area contributed by atoms with E-state index in [0.29, 0.717) is 11.8 Å². The molecule has 1 fully saturated rings. The van der Waals surface area contributed by atoms with Gasteiger partial charge in [-0.3, -0.25) is 0 Å². The van der Waals surface area contributed by atoms with Crippen LogP contribution in [-0.4, -0.2) is 23.7 Å². The zero-order valence-corrected chi connectivity index (χ0v) is 8.53. The average molecular weight is 211 g/mol. The van der Waals surface area contributed by atoms with Gasteiger partial charge in [-0.05, 0) is 19.9 Å². The van der Waals surface area contributed by atoms with Crippen molar-refractivity contribution in [3.63, 3.8) is 0 Å². The highest BCUT2D eigenvalue weighted by molar-refractivity contribution is 5.41. The molecule has 0 radical (unpaired) electrons. The molecule has 1 aliphatic heterocycles. The summed E-state index contributed by atoms with van der Waals surface area (Å²) in [6.45, 7) is 3.00. The largest absolute Gasteiger partial charge is 0.487 e. The van der Waals surface area contributed by atoms with Gasteiger partial charge in [0.15, 0.2) is 0 Å². The summed E-state index contributed by atoms with van der Waals surface area (Å²) >= 11 is 0. The summed E-state index contributed by atoms with van der Waals surface area (Å²) < 4.78 is 18.4. The Labute approximate surface area is 87.6 Å². The summed E-state index contributed by atoms with van der Waals surface area (Å²) in [4.78, 5) is 3.50. The molecular weight excluding hydrogens is 197 g/mol. The fourth-order valence-corrected chi connectivity index (χ4v) is 1.52. The van der Waals surface area contributed by atoms with E-state index in [-0.39, 0.29) is 11.8 Å². The van der Waals surface area contributed by atoms with E-state index >= 15 is 0 Å². The summed E-state index contributed by atoms with van der Waals surface area (Å²) in [5.41, 5.74) is 5.40. The smallest absolute Gasteiger partial charge is 0.236 e. The number of nitrogen functional groups attached to an aromatic ring is 1. The van der Waals surface area contributed by atoms with E-state index < -0.39 is 5.95 Å². The molecule has 1 saturated heterocycles. The summed E-state index contributed by atoms with van der Waals surface area (Å²) in [6.07, 6.45) is 2.50. The molecule has 0 aromatic carbocycles. The number of ether oxygens (including phenoxy) is 1. The maximum absolute atomic E-state index is 12.8. The number of rotatable bonds is 3. The van der Waals surface area contributed by atoms with Crippen LogP contribution in [0.25, 0.3) is 0 Å². The van der Waals surface area contributed by atoms with Crippen molar-refractivity contribution in [1.82, 2.24) is 10.3 Å². The molecule has 0 saturated carbocycles. The molecule has 2 rings (SSSR count). The topological polar surface area (TPSA) is 60.2 Å². The Morgan fingerprint density at radius 1 is 1.73 bits per heavy atom. The first-order chi connectivity index (χ1) is 7.16. The lowest BCUT2D eigenvalue weighted by Gasteiger charge is -2.33. The summed E-state index contributed by atoms with van der Waals surface area (Å²) in [7, 11) is 0. The van der Waals surface area contributed by atoms with Crippen LogP contribution in [0.1, 0.15) is 13.3 Å². The number of hydrogen-bond donors (Lipinski definition) is 2. The van der Waals surface area contributed by atoms with Gasteiger partial charge in [-0.15, -0.1) is 0 Å². The molecule has 15 heavy (non-hydrogen) atoms. The molecule has 0 amide bonds. The third-order valence-electron chi connectivity index (χ3n) is 2.59. The first-order valence-corrected chi connectivity index (χ1v) is 4.98. The fourth-order valence-electron chi connectivity index (χ4n) is 1.52. The van der Waals surface area contributed by atoms with E-state index in [1.54, 1.807) is 0 Å². The Bertz CT molecular complexity index is 355. The molecule has 2 heterocycles. The molecule has 1 unspecified atom stereocenters. The number of halogens is 1. The van der Waals surface area contributed by atoms with Gasteiger partial charge < -0.3 is 15.8 Å². The van der Waals surface area contributed by atoms with Crippen LogP contribution in [0.2, 0.25) is 0 Å². The predicted octanol–water partition coefficient (Wildman–Crippen LogP) is 0.932. The van der Waals surface area contributed by atoms with Crippen LogP contribution >= 0.6 is 0 Å². The number of nitrogens with two attached hydrogens (primary N) is 1. The van der Waals surface area contributed by atoms with E-state index in [4.69, 9.17) is 10.5 Å².